The third kappa shape index (κ3) is 4.46. The molecule has 29 heavy (non-hydrogen) atoms. The Hall–Kier alpha value is -2.77. The maximum Gasteiger partial charge on any atom is 0.264 e. The van der Waals surface area contributed by atoms with Gasteiger partial charge in [0.15, 0.2) is 0 Å². The van der Waals surface area contributed by atoms with Crippen LogP contribution in [0.4, 0.5) is 5.69 Å². The molecule has 3 rings (SSSR count). The molecular formula is C21H21ClN2O4S. The third-order valence-electron chi connectivity index (χ3n) is 4.41. The number of furan rings is 1. The summed E-state index contributed by atoms with van der Waals surface area (Å²) >= 11 is 6.22. The topological polar surface area (TPSA) is 70.8 Å². The largest absolute Gasteiger partial charge is 0.467 e. The number of hydrogen-bond donors (Lipinski definition) is 0. The maximum atomic E-state index is 13.2. The van der Waals surface area contributed by atoms with E-state index in [1.165, 1.54) is 33.7 Å². The Labute approximate surface area is 175 Å². The first-order chi connectivity index (χ1) is 13.8. The Morgan fingerprint density at radius 1 is 1.07 bits per heavy atom. The van der Waals surface area contributed by atoms with Gasteiger partial charge in [-0.05, 0) is 49.4 Å². The summed E-state index contributed by atoms with van der Waals surface area (Å²) in [5.41, 5.74) is 0.665. The normalized spacial score (nSPS) is 11.3. The van der Waals surface area contributed by atoms with Crippen molar-refractivity contribution >= 4 is 33.2 Å². The molecule has 1 amide bonds. The fourth-order valence-corrected chi connectivity index (χ4v) is 4.65. The van der Waals surface area contributed by atoms with Gasteiger partial charge in [0.25, 0.3) is 15.9 Å². The first-order valence-corrected chi connectivity index (χ1v) is 10.8. The van der Waals surface area contributed by atoms with E-state index in [9.17, 15) is 13.2 Å². The molecule has 0 aliphatic heterocycles. The molecule has 0 spiro atoms. The van der Waals surface area contributed by atoms with Crippen molar-refractivity contribution in [2.75, 3.05) is 17.9 Å². The van der Waals surface area contributed by atoms with E-state index in [0.717, 1.165) is 0 Å². The van der Waals surface area contributed by atoms with Gasteiger partial charge in [0.1, 0.15) is 5.76 Å². The molecule has 1 aromatic heterocycles. The van der Waals surface area contributed by atoms with E-state index in [-0.39, 0.29) is 28.6 Å². The lowest BCUT2D eigenvalue weighted by molar-refractivity contribution is 0.0775. The van der Waals surface area contributed by atoms with Crippen LogP contribution in [0, 0.1) is 0 Å². The van der Waals surface area contributed by atoms with Gasteiger partial charge in [-0.3, -0.25) is 9.10 Å². The predicted molar refractivity (Wildman–Crippen MR) is 113 cm³/mol. The lowest BCUT2D eigenvalue weighted by atomic mass is 10.2. The number of carbonyl (C=O) groups is 1. The molecule has 8 heteroatoms. The van der Waals surface area contributed by atoms with Crippen LogP contribution in [-0.4, -0.2) is 32.8 Å². The zero-order valence-corrected chi connectivity index (χ0v) is 17.7. The molecule has 3 aromatic rings. The fraction of sp³-hybridized carbons (Fsp3) is 0.190. The van der Waals surface area contributed by atoms with Crippen LogP contribution < -0.4 is 4.31 Å². The maximum absolute atomic E-state index is 13.2. The molecule has 0 radical (unpaired) electrons. The van der Waals surface area contributed by atoms with Crippen LogP contribution in [0.2, 0.25) is 5.02 Å². The number of anilines is 1. The van der Waals surface area contributed by atoms with E-state index in [4.69, 9.17) is 16.0 Å². The molecule has 1 heterocycles. The minimum absolute atomic E-state index is 0.00218. The lowest BCUT2D eigenvalue weighted by Crippen LogP contribution is -2.31. The number of amides is 1. The number of benzene rings is 2. The monoisotopic (exact) mass is 432 g/mol. The van der Waals surface area contributed by atoms with Crippen molar-refractivity contribution in [2.45, 2.75) is 18.4 Å². The number of para-hydroxylation sites is 1. The first-order valence-electron chi connectivity index (χ1n) is 8.99. The Balaban J connectivity index is 1.94. The molecule has 0 aliphatic carbocycles. The number of sulfonamides is 1. The van der Waals surface area contributed by atoms with Crippen LogP contribution >= 0.6 is 11.6 Å². The SMILES string of the molecule is CCN(c1ccccc1)S(=O)(=O)c1ccc(Cl)c(C(=O)N(C)Cc2ccco2)c1. The zero-order chi connectivity index (χ0) is 21.0. The van der Waals surface area contributed by atoms with Crippen molar-refractivity contribution in [3.63, 3.8) is 0 Å². The summed E-state index contributed by atoms with van der Waals surface area (Å²) < 4.78 is 33.0. The van der Waals surface area contributed by atoms with Crippen LogP contribution in [0.15, 0.2) is 76.2 Å². The summed E-state index contributed by atoms with van der Waals surface area (Å²) in [6.07, 6.45) is 1.52. The Morgan fingerprint density at radius 2 is 1.79 bits per heavy atom. The van der Waals surface area contributed by atoms with E-state index in [1.807, 2.05) is 6.07 Å². The molecule has 2 aromatic carbocycles. The molecule has 0 saturated carbocycles. The molecule has 0 unspecified atom stereocenters. The van der Waals surface area contributed by atoms with Gasteiger partial charge in [-0.15, -0.1) is 0 Å². The van der Waals surface area contributed by atoms with E-state index in [1.54, 1.807) is 50.4 Å². The van der Waals surface area contributed by atoms with Crippen molar-refractivity contribution in [2.24, 2.45) is 0 Å². The zero-order valence-electron chi connectivity index (χ0n) is 16.1. The summed E-state index contributed by atoms with van der Waals surface area (Å²) in [4.78, 5) is 14.3. The van der Waals surface area contributed by atoms with Gasteiger partial charge >= 0.3 is 0 Å². The molecule has 0 saturated heterocycles. The number of nitrogens with zero attached hydrogens (tertiary/aromatic N) is 2. The quantitative estimate of drug-likeness (QED) is 0.554. The van der Waals surface area contributed by atoms with Crippen molar-refractivity contribution < 1.29 is 17.6 Å². The van der Waals surface area contributed by atoms with Crippen LogP contribution in [0.3, 0.4) is 0 Å². The van der Waals surface area contributed by atoms with Crippen molar-refractivity contribution in [3.8, 4) is 0 Å². The van der Waals surface area contributed by atoms with Crippen LogP contribution in [0.5, 0.6) is 0 Å². The Bertz CT molecular complexity index is 1080. The highest BCUT2D eigenvalue weighted by molar-refractivity contribution is 7.92. The second-order valence-electron chi connectivity index (χ2n) is 6.39. The second-order valence-corrected chi connectivity index (χ2v) is 8.66. The summed E-state index contributed by atoms with van der Waals surface area (Å²) in [7, 11) is -2.27. The van der Waals surface area contributed by atoms with E-state index >= 15 is 0 Å². The van der Waals surface area contributed by atoms with Crippen LogP contribution in [0.25, 0.3) is 0 Å². The lowest BCUT2D eigenvalue weighted by Gasteiger charge is -2.23. The van der Waals surface area contributed by atoms with Gasteiger partial charge in [0.2, 0.25) is 0 Å². The van der Waals surface area contributed by atoms with Gasteiger partial charge in [-0.25, -0.2) is 8.42 Å². The molecule has 0 atom stereocenters. The summed E-state index contributed by atoms with van der Waals surface area (Å²) in [6.45, 7) is 2.24. The van der Waals surface area contributed by atoms with E-state index in [0.29, 0.717) is 11.4 Å². The van der Waals surface area contributed by atoms with Crippen LogP contribution in [-0.2, 0) is 16.6 Å². The molecular weight excluding hydrogens is 412 g/mol. The van der Waals surface area contributed by atoms with Gasteiger partial charge in [0.05, 0.1) is 34.0 Å². The molecule has 6 nitrogen and oxygen atoms in total. The minimum atomic E-state index is -3.87. The molecule has 0 aliphatic rings. The highest BCUT2D eigenvalue weighted by Crippen LogP contribution is 2.27. The Morgan fingerprint density at radius 3 is 2.41 bits per heavy atom. The number of rotatable bonds is 7. The van der Waals surface area contributed by atoms with Crippen molar-refractivity contribution in [3.05, 3.63) is 83.3 Å². The predicted octanol–water partition coefficient (Wildman–Crippen LogP) is 4.42. The second kappa shape index (κ2) is 8.71. The molecule has 152 valence electrons. The summed E-state index contributed by atoms with van der Waals surface area (Å²) in [6, 6.07) is 16.5. The number of hydrogen-bond acceptors (Lipinski definition) is 4. The molecule has 0 bridgehead atoms. The average molecular weight is 433 g/mol. The van der Waals surface area contributed by atoms with Gasteiger partial charge in [-0.2, -0.15) is 0 Å². The fourth-order valence-electron chi connectivity index (χ4n) is 2.96. The highest BCUT2D eigenvalue weighted by atomic mass is 35.5. The summed E-state index contributed by atoms with van der Waals surface area (Å²) in [5, 5.41) is 0.183. The van der Waals surface area contributed by atoms with Gasteiger partial charge < -0.3 is 9.32 Å². The average Bonchev–Trinajstić information content (AvgIpc) is 3.22. The smallest absolute Gasteiger partial charge is 0.264 e. The van der Waals surface area contributed by atoms with E-state index in [2.05, 4.69) is 0 Å². The third-order valence-corrected chi connectivity index (χ3v) is 6.64. The van der Waals surface area contributed by atoms with Crippen molar-refractivity contribution in [1.82, 2.24) is 4.90 Å². The van der Waals surface area contributed by atoms with Gasteiger partial charge in [-0.1, -0.05) is 29.8 Å². The molecule has 0 fully saturated rings. The van der Waals surface area contributed by atoms with E-state index < -0.39 is 15.9 Å². The van der Waals surface area contributed by atoms with Gasteiger partial charge in [0, 0.05) is 13.6 Å². The minimum Gasteiger partial charge on any atom is -0.467 e. The van der Waals surface area contributed by atoms with Crippen LogP contribution in [0.1, 0.15) is 23.0 Å². The number of halogens is 1. The Kier molecular flexibility index (Phi) is 6.30. The number of carbonyl (C=O) groups excluding carboxylic acids is 1. The molecule has 0 N–H and O–H groups in total. The first kappa shape index (κ1) is 21.0. The summed E-state index contributed by atoms with van der Waals surface area (Å²) in [5.74, 6) is 0.216. The standard InChI is InChI=1S/C21H21ClN2O4S/c1-3-24(16-8-5-4-6-9-16)29(26,27)18-11-12-20(22)19(14-18)21(25)23(2)15-17-10-7-13-28-17/h4-14H,3,15H2,1-2H3. The van der Waals surface area contributed by atoms with Crippen molar-refractivity contribution in [1.29, 1.82) is 0 Å². The highest BCUT2D eigenvalue weighted by Gasteiger charge is 2.26.